The molecule has 0 saturated heterocycles. The number of hydrogen-bond acceptors (Lipinski definition) is 2. The van der Waals surface area contributed by atoms with E-state index in [1.807, 2.05) is 78.9 Å². The number of rotatable bonds is 8. The van der Waals surface area contributed by atoms with Crippen molar-refractivity contribution >= 4 is 21.8 Å². The first kappa shape index (κ1) is 44.2. The van der Waals surface area contributed by atoms with E-state index in [1.165, 1.54) is 34.4 Å². The lowest BCUT2D eigenvalue weighted by atomic mass is 9.90. The first-order chi connectivity index (χ1) is 33.9. The van der Waals surface area contributed by atoms with Crippen LogP contribution in [0.5, 0.6) is 0 Å². The smallest absolute Gasteiger partial charge is 0.308 e. The van der Waals surface area contributed by atoms with Gasteiger partial charge < -0.3 is 4.57 Å². The molecule has 340 valence electrons. The van der Waals surface area contributed by atoms with Gasteiger partial charge in [0.2, 0.25) is 0 Å². The molecule has 0 bridgehead atoms. The molecule has 0 atom stereocenters. The quantitative estimate of drug-likeness (QED) is 0.152. The Bertz CT molecular complexity index is 3640. The molecule has 0 radical (unpaired) electrons. The van der Waals surface area contributed by atoms with Crippen LogP contribution in [-0.4, -0.2) is 14.5 Å². The minimum absolute atomic E-state index is 0.426. The van der Waals surface area contributed by atoms with Gasteiger partial charge in [0.25, 0.3) is 0 Å². The van der Waals surface area contributed by atoms with Crippen molar-refractivity contribution < 1.29 is 13.2 Å². The monoisotopic (exact) mass is 915 g/mol. The second kappa shape index (κ2) is 17.6. The predicted molar refractivity (Wildman–Crippen MR) is 283 cm³/mol. The fourth-order valence-corrected chi connectivity index (χ4v) is 10.1. The van der Waals surface area contributed by atoms with E-state index in [2.05, 4.69) is 136 Å². The molecule has 0 aliphatic rings. The number of halogens is 3. The van der Waals surface area contributed by atoms with E-state index in [4.69, 9.17) is 9.97 Å². The molecule has 0 amide bonds. The number of nitrogens with zero attached hydrogens (tertiary/aromatic N) is 3. The molecule has 70 heavy (non-hydrogen) atoms. The fraction of sp³-hybridized carbons (Fsp3) is 0.0938. The lowest BCUT2D eigenvalue weighted by molar-refractivity contribution is -0.137. The van der Waals surface area contributed by atoms with Gasteiger partial charge in [-0.1, -0.05) is 162 Å². The van der Waals surface area contributed by atoms with Crippen LogP contribution in [0.15, 0.2) is 200 Å². The molecule has 0 saturated carbocycles. The van der Waals surface area contributed by atoms with Gasteiger partial charge in [0.1, 0.15) is 0 Å². The average molecular weight is 916 g/mol. The Kier molecular flexibility index (Phi) is 11.1. The van der Waals surface area contributed by atoms with Crippen molar-refractivity contribution in [1.82, 2.24) is 14.5 Å². The maximum Gasteiger partial charge on any atom is 0.416 e. The third-order valence-corrected chi connectivity index (χ3v) is 13.4. The van der Waals surface area contributed by atoms with E-state index < -0.39 is 11.7 Å². The Labute approximate surface area is 406 Å². The van der Waals surface area contributed by atoms with Gasteiger partial charge in [0, 0.05) is 38.6 Å². The van der Waals surface area contributed by atoms with Gasteiger partial charge >= 0.3 is 6.18 Å². The summed E-state index contributed by atoms with van der Waals surface area (Å²) in [5, 5.41) is 2.06. The van der Waals surface area contributed by atoms with Crippen LogP contribution in [0.4, 0.5) is 13.2 Å². The Morgan fingerprint density at radius 1 is 0.357 bits per heavy atom. The van der Waals surface area contributed by atoms with E-state index in [9.17, 15) is 13.2 Å². The summed E-state index contributed by atoms with van der Waals surface area (Å²) in [5.41, 5.74) is 18.8. The molecule has 9 aromatic carbocycles. The molecule has 0 spiro atoms. The molecule has 0 fully saturated rings. The summed E-state index contributed by atoms with van der Waals surface area (Å²) in [4.78, 5) is 10.3. The van der Waals surface area contributed by atoms with E-state index >= 15 is 0 Å². The normalized spacial score (nSPS) is 11.7. The summed E-state index contributed by atoms with van der Waals surface area (Å²) in [7, 11) is 0. The second-order valence-electron chi connectivity index (χ2n) is 18.5. The lowest BCUT2D eigenvalue weighted by Gasteiger charge is -2.22. The molecule has 2 aromatic heterocycles. The third kappa shape index (κ3) is 8.26. The summed E-state index contributed by atoms with van der Waals surface area (Å²) in [6.45, 7) is 10.6. The highest BCUT2D eigenvalue weighted by molar-refractivity contribution is 6.13. The van der Waals surface area contributed by atoms with Crippen LogP contribution in [0.1, 0.15) is 33.4 Å². The molecule has 0 N–H and O–H groups in total. The van der Waals surface area contributed by atoms with Crippen molar-refractivity contribution in [1.29, 1.82) is 0 Å². The van der Waals surface area contributed by atoms with Gasteiger partial charge in [0.15, 0.2) is 5.82 Å². The van der Waals surface area contributed by atoms with Crippen molar-refractivity contribution in [2.45, 2.75) is 40.8 Å². The lowest BCUT2D eigenvalue weighted by Crippen LogP contribution is -2.06. The van der Waals surface area contributed by atoms with Crippen LogP contribution in [0.3, 0.4) is 0 Å². The SMILES string of the molecule is Cc1cccc(-c2cc(-c3cc(-c4ccccc4)nc(-c4ccccc4)n3)cc(-c3cccc(C(F)(F)F)c3)c2-n2c3ccc(-c4ccc(C)cc4C)cc3c3cc(-c4ccc(C)cc4C)ccc32)c1. The fourth-order valence-electron chi connectivity index (χ4n) is 10.1. The first-order valence-electron chi connectivity index (χ1n) is 23.5. The third-order valence-electron chi connectivity index (χ3n) is 13.4. The highest BCUT2D eigenvalue weighted by Crippen LogP contribution is 2.46. The molecular weight excluding hydrogens is 868 g/mol. The molecule has 2 heterocycles. The topological polar surface area (TPSA) is 30.7 Å². The number of aryl methyl sites for hydroxylation is 5. The predicted octanol–water partition coefficient (Wildman–Crippen LogP) is 17.8. The van der Waals surface area contributed by atoms with Gasteiger partial charge in [-0.2, -0.15) is 13.2 Å². The van der Waals surface area contributed by atoms with E-state index in [0.29, 0.717) is 22.6 Å². The Morgan fingerprint density at radius 2 is 0.829 bits per heavy atom. The summed E-state index contributed by atoms with van der Waals surface area (Å²) < 4.78 is 46.8. The van der Waals surface area contributed by atoms with Crippen molar-refractivity contribution in [2.24, 2.45) is 0 Å². The van der Waals surface area contributed by atoms with Gasteiger partial charge in [-0.15, -0.1) is 0 Å². The van der Waals surface area contributed by atoms with Crippen LogP contribution >= 0.6 is 0 Å². The van der Waals surface area contributed by atoms with Crippen molar-refractivity contribution in [2.75, 3.05) is 0 Å². The van der Waals surface area contributed by atoms with Crippen LogP contribution in [-0.2, 0) is 6.18 Å². The molecular formula is C64H48F3N3. The highest BCUT2D eigenvalue weighted by atomic mass is 19.4. The highest BCUT2D eigenvalue weighted by Gasteiger charge is 2.31. The first-order valence-corrected chi connectivity index (χ1v) is 23.5. The molecule has 3 nitrogen and oxygen atoms in total. The zero-order chi connectivity index (χ0) is 48.3. The van der Waals surface area contributed by atoms with Crippen molar-refractivity contribution in [3.8, 4) is 84.1 Å². The zero-order valence-corrected chi connectivity index (χ0v) is 39.5. The van der Waals surface area contributed by atoms with Gasteiger partial charge in [-0.05, 0) is 134 Å². The minimum Gasteiger partial charge on any atom is -0.308 e. The molecule has 11 rings (SSSR count). The Morgan fingerprint density at radius 3 is 1.36 bits per heavy atom. The standard InChI is InChI=1S/C64H48F3N3/c1-39-14-12-19-46(32-39)54-36-50(59-38-58(44-15-8-6-9-16-44)68-63(69-59)45-17-10-7-11-18-45)37-55(47-20-13-21-51(33-47)64(65,66)67)62(54)70-60-28-24-48(52-26-22-40(2)30-42(52)4)34-56(60)57-35-49(25-29-61(57)70)53-27-23-41(3)31-43(53)5/h6-38H,1-5H3. The zero-order valence-electron chi connectivity index (χ0n) is 39.5. The van der Waals surface area contributed by atoms with Gasteiger partial charge in [-0.3, -0.25) is 0 Å². The van der Waals surface area contributed by atoms with E-state index in [0.717, 1.165) is 94.9 Å². The second-order valence-corrected chi connectivity index (χ2v) is 18.5. The molecule has 0 unspecified atom stereocenters. The molecule has 0 aliphatic carbocycles. The van der Waals surface area contributed by atoms with Crippen molar-refractivity contribution in [3.05, 3.63) is 234 Å². The Balaban J connectivity index is 1.27. The van der Waals surface area contributed by atoms with Crippen LogP contribution in [0, 0.1) is 34.6 Å². The summed E-state index contributed by atoms with van der Waals surface area (Å²) in [6.07, 6.45) is -4.57. The number of alkyl halides is 3. The van der Waals surface area contributed by atoms with Crippen LogP contribution < -0.4 is 0 Å². The van der Waals surface area contributed by atoms with Gasteiger partial charge in [0.05, 0.1) is 33.7 Å². The molecule has 0 aliphatic heterocycles. The van der Waals surface area contributed by atoms with Crippen molar-refractivity contribution in [3.63, 3.8) is 0 Å². The summed E-state index contributed by atoms with van der Waals surface area (Å²) >= 11 is 0. The number of benzene rings is 9. The number of aromatic nitrogens is 3. The molecule has 6 heteroatoms. The number of fused-ring (bicyclic) bond motifs is 3. The van der Waals surface area contributed by atoms with Crippen LogP contribution in [0.25, 0.3) is 106 Å². The van der Waals surface area contributed by atoms with E-state index in [1.54, 1.807) is 6.07 Å². The van der Waals surface area contributed by atoms with Gasteiger partial charge in [-0.25, -0.2) is 9.97 Å². The average Bonchev–Trinajstić information content (AvgIpc) is 3.68. The number of hydrogen-bond donors (Lipinski definition) is 0. The Hall–Kier alpha value is -8.35. The summed E-state index contributed by atoms with van der Waals surface area (Å²) in [6, 6.07) is 66.4. The van der Waals surface area contributed by atoms with Crippen LogP contribution in [0.2, 0.25) is 0 Å². The largest absolute Gasteiger partial charge is 0.416 e. The molecule has 11 aromatic rings. The summed E-state index contributed by atoms with van der Waals surface area (Å²) in [5.74, 6) is 0.542. The minimum atomic E-state index is -4.57. The maximum atomic E-state index is 14.9. The van der Waals surface area contributed by atoms with E-state index in [-0.39, 0.29) is 0 Å². The maximum absolute atomic E-state index is 14.9.